The van der Waals surface area contributed by atoms with Gasteiger partial charge in [-0.25, -0.2) is 0 Å². The zero-order valence-electron chi connectivity index (χ0n) is 23.6. The molecule has 0 saturated heterocycles. The fraction of sp³-hybridized carbons (Fsp3) is 0.657. The lowest BCUT2D eigenvalue weighted by molar-refractivity contribution is 0.237. The third-order valence-corrected chi connectivity index (χ3v) is 10.4. The molecule has 198 valence electrons. The summed E-state index contributed by atoms with van der Waals surface area (Å²) in [6.45, 7) is 9.50. The summed E-state index contributed by atoms with van der Waals surface area (Å²) in [6.07, 6.45) is 18.2. The Hall–Kier alpha value is -1.27. The van der Waals surface area contributed by atoms with Gasteiger partial charge >= 0.3 is 0 Å². The van der Waals surface area contributed by atoms with Crippen LogP contribution in [0.2, 0.25) is 5.02 Å². The van der Waals surface area contributed by atoms with E-state index in [1.54, 1.807) is 0 Å². The highest BCUT2D eigenvalue weighted by Gasteiger charge is 2.28. The molecule has 2 fully saturated rings. The van der Waals surface area contributed by atoms with Crippen LogP contribution in [0.5, 0.6) is 0 Å². The molecule has 2 aromatic rings. The van der Waals surface area contributed by atoms with Gasteiger partial charge in [-0.1, -0.05) is 133 Å². The summed E-state index contributed by atoms with van der Waals surface area (Å²) in [5, 5.41) is 0.953. The average Bonchev–Trinajstić information content (AvgIpc) is 2.92. The molecule has 4 rings (SSSR count). The number of unbranched alkanes of at least 4 members (excludes halogenated alkanes) is 1. The first kappa shape index (κ1) is 27.8. The molecule has 2 aliphatic carbocycles. The van der Waals surface area contributed by atoms with E-state index < -0.39 is 0 Å². The third-order valence-electron chi connectivity index (χ3n) is 10.1. The summed E-state index contributed by atoms with van der Waals surface area (Å²) in [4.78, 5) is 0. The minimum absolute atomic E-state index is 0.550. The Labute approximate surface area is 227 Å². The molecule has 2 aliphatic rings. The van der Waals surface area contributed by atoms with Gasteiger partial charge in [-0.15, -0.1) is 0 Å². The Bertz CT molecular complexity index is 912. The Morgan fingerprint density at radius 2 is 1.22 bits per heavy atom. The van der Waals surface area contributed by atoms with Gasteiger partial charge in [0.2, 0.25) is 0 Å². The van der Waals surface area contributed by atoms with Crippen molar-refractivity contribution < 1.29 is 0 Å². The highest BCUT2D eigenvalue weighted by molar-refractivity contribution is 6.31. The molecule has 0 aliphatic heterocycles. The van der Waals surface area contributed by atoms with Crippen molar-refractivity contribution in [1.29, 1.82) is 0 Å². The van der Waals surface area contributed by atoms with E-state index in [9.17, 15) is 0 Å². The van der Waals surface area contributed by atoms with Crippen molar-refractivity contribution in [3.63, 3.8) is 0 Å². The Morgan fingerprint density at radius 3 is 1.78 bits per heavy atom. The maximum Gasteiger partial charge on any atom is 0.0446 e. The molecular formula is C35H51Cl. The number of benzene rings is 2. The average molecular weight is 507 g/mol. The Kier molecular flexibility index (Phi) is 10.4. The molecule has 0 nitrogen and oxygen atoms in total. The van der Waals surface area contributed by atoms with Crippen LogP contribution in [0.4, 0.5) is 0 Å². The first-order chi connectivity index (χ1) is 17.5. The third kappa shape index (κ3) is 6.98. The maximum absolute atomic E-state index is 6.91. The van der Waals surface area contributed by atoms with Crippen LogP contribution < -0.4 is 0 Å². The summed E-state index contributed by atoms with van der Waals surface area (Å²) in [7, 11) is 0. The van der Waals surface area contributed by atoms with Crippen molar-refractivity contribution >= 4 is 11.6 Å². The van der Waals surface area contributed by atoms with E-state index in [2.05, 4.69) is 70.2 Å². The van der Waals surface area contributed by atoms with Gasteiger partial charge in [0.25, 0.3) is 0 Å². The van der Waals surface area contributed by atoms with Crippen LogP contribution in [0, 0.1) is 23.7 Å². The number of halogens is 1. The van der Waals surface area contributed by atoms with E-state index in [-0.39, 0.29) is 0 Å². The monoisotopic (exact) mass is 506 g/mol. The van der Waals surface area contributed by atoms with E-state index in [4.69, 9.17) is 11.6 Å². The van der Waals surface area contributed by atoms with Crippen LogP contribution in [-0.2, 0) is 0 Å². The minimum Gasteiger partial charge on any atom is -0.0840 e. The molecule has 0 amide bonds. The van der Waals surface area contributed by atoms with Crippen LogP contribution in [0.25, 0.3) is 11.1 Å². The van der Waals surface area contributed by atoms with Crippen molar-refractivity contribution in [3.05, 3.63) is 58.6 Å². The predicted octanol–water partition coefficient (Wildman–Crippen LogP) is 11.8. The molecule has 2 saturated carbocycles. The summed E-state index contributed by atoms with van der Waals surface area (Å²) >= 11 is 6.91. The lowest BCUT2D eigenvalue weighted by Crippen LogP contribution is -2.19. The summed E-state index contributed by atoms with van der Waals surface area (Å²) in [5.41, 5.74) is 5.39. The lowest BCUT2D eigenvalue weighted by atomic mass is 9.73. The van der Waals surface area contributed by atoms with Gasteiger partial charge in [-0.3, -0.25) is 0 Å². The second kappa shape index (κ2) is 13.5. The molecule has 2 aromatic carbocycles. The van der Waals surface area contributed by atoms with E-state index in [1.807, 2.05) is 0 Å². The summed E-state index contributed by atoms with van der Waals surface area (Å²) in [6, 6.07) is 16.2. The van der Waals surface area contributed by atoms with Crippen molar-refractivity contribution in [1.82, 2.24) is 0 Å². The zero-order valence-corrected chi connectivity index (χ0v) is 24.3. The Morgan fingerprint density at radius 1 is 0.667 bits per heavy atom. The molecule has 0 bridgehead atoms. The highest BCUT2D eigenvalue weighted by atomic mass is 35.5. The van der Waals surface area contributed by atoms with Crippen molar-refractivity contribution in [2.75, 3.05) is 0 Å². The van der Waals surface area contributed by atoms with Gasteiger partial charge in [-0.05, 0) is 89.5 Å². The van der Waals surface area contributed by atoms with Crippen molar-refractivity contribution in [2.45, 2.75) is 123 Å². The molecule has 0 spiro atoms. The molecule has 0 heterocycles. The first-order valence-electron chi connectivity index (χ1n) is 15.4. The predicted molar refractivity (Wildman–Crippen MR) is 159 cm³/mol. The summed E-state index contributed by atoms with van der Waals surface area (Å²) < 4.78 is 0. The van der Waals surface area contributed by atoms with Gasteiger partial charge in [0, 0.05) is 5.02 Å². The standard InChI is InChI=1S/C35H51Cl/c1-5-7-9-28-12-16-31(17-13-28)26(4)34-23-22-33(24-35(34)36)32-20-18-30(19-21-32)25(3)29-14-10-27(8-6-2)11-15-29/h18-29,31H,5-17H2,1-4H3/t25?,26?,27-,28-,29-,31-. The molecular weight excluding hydrogens is 456 g/mol. The van der Waals surface area contributed by atoms with E-state index in [1.165, 1.54) is 106 Å². The van der Waals surface area contributed by atoms with Gasteiger partial charge < -0.3 is 0 Å². The van der Waals surface area contributed by atoms with Crippen LogP contribution in [-0.4, -0.2) is 0 Å². The second-order valence-corrected chi connectivity index (χ2v) is 12.8. The van der Waals surface area contributed by atoms with Gasteiger partial charge in [0.15, 0.2) is 0 Å². The zero-order chi connectivity index (χ0) is 25.5. The molecule has 0 radical (unpaired) electrons. The van der Waals surface area contributed by atoms with E-state index in [0.717, 1.165) is 28.7 Å². The van der Waals surface area contributed by atoms with Gasteiger partial charge in [-0.2, -0.15) is 0 Å². The normalized spacial score (nSPS) is 26.5. The first-order valence-corrected chi connectivity index (χ1v) is 15.8. The van der Waals surface area contributed by atoms with Gasteiger partial charge in [0.05, 0.1) is 0 Å². The molecule has 1 heteroatoms. The fourth-order valence-corrected chi connectivity index (χ4v) is 7.79. The molecule has 2 unspecified atom stereocenters. The van der Waals surface area contributed by atoms with E-state index >= 15 is 0 Å². The van der Waals surface area contributed by atoms with Gasteiger partial charge in [0.1, 0.15) is 0 Å². The summed E-state index contributed by atoms with van der Waals surface area (Å²) in [5.74, 6) is 4.79. The minimum atomic E-state index is 0.550. The fourth-order valence-electron chi connectivity index (χ4n) is 7.44. The highest BCUT2D eigenvalue weighted by Crippen LogP contribution is 2.43. The Balaban J connectivity index is 1.35. The second-order valence-electron chi connectivity index (χ2n) is 12.4. The number of hydrogen-bond donors (Lipinski definition) is 0. The van der Waals surface area contributed by atoms with Crippen molar-refractivity contribution in [3.8, 4) is 11.1 Å². The molecule has 0 aromatic heterocycles. The molecule has 36 heavy (non-hydrogen) atoms. The maximum atomic E-state index is 6.91. The smallest absolute Gasteiger partial charge is 0.0446 e. The van der Waals surface area contributed by atoms with Crippen molar-refractivity contribution in [2.24, 2.45) is 23.7 Å². The number of rotatable bonds is 10. The topological polar surface area (TPSA) is 0 Å². The van der Waals surface area contributed by atoms with Crippen LogP contribution in [0.1, 0.15) is 134 Å². The van der Waals surface area contributed by atoms with Crippen LogP contribution in [0.3, 0.4) is 0 Å². The molecule has 2 atom stereocenters. The van der Waals surface area contributed by atoms with Crippen LogP contribution in [0.15, 0.2) is 42.5 Å². The largest absolute Gasteiger partial charge is 0.0840 e. The van der Waals surface area contributed by atoms with E-state index in [0.29, 0.717) is 11.8 Å². The lowest BCUT2D eigenvalue weighted by Gasteiger charge is -2.33. The SMILES string of the molecule is CCCC[C@H]1CC[C@H](C(C)c2ccc(-c3ccc(C(C)[C@H]4CC[C@H](CCC)CC4)cc3)cc2Cl)CC1. The number of hydrogen-bond acceptors (Lipinski definition) is 0. The van der Waals surface area contributed by atoms with Crippen LogP contribution >= 0.6 is 11.6 Å². The molecule has 0 N–H and O–H groups in total. The quantitative estimate of drug-likeness (QED) is 0.300.